The molecule has 0 aromatic rings. The van der Waals surface area contributed by atoms with Gasteiger partial charge < -0.3 is 4.57 Å². The van der Waals surface area contributed by atoms with Crippen LogP contribution in [0.3, 0.4) is 0 Å². The predicted octanol–water partition coefficient (Wildman–Crippen LogP) is 5.07. The van der Waals surface area contributed by atoms with Gasteiger partial charge in [-0.2, -0.15) is 5.26 Å². The quantitative estimate of drug-likeness (QED) is 0.368. The molecule has 23 heavy (non-hydrogen) atoms. The molecule has 1 atom stereocenters. The van der Waals surface area contributed by atoms with E-state index in [0.29, 0.717) is 0 Å². The molecule has 0 amide bonds. The molecule has 1 aliphatic rings. The van der Waals surface area contributed by atoms with Crippen molar-refractivity contribution in [1.82, 2.24) is 9.47 Å². The van der Waals surface area contributed by atoms with E-state index in [1.165, 1.54) is 64.0 Å². The van der Waals surface area contributed by atoms with Crippen LogP contribution in [-0.2, 0) is 0 Å². The molecule has 1 rings (SSSR count). The van der Waals surface area contributed by atoms with E-state index < -0.39 is 8.24 Å². The molecule has 0 saturated carbocycles. The minimum atomic E-state index is -1.25. The molecule has 0 spiro atoms. The largest absolute Gasteiger partial charge is 0.310 e. The topological polar surface area (TPSA) is 30.3 Å². The Labute approximate surface area is 146 Å². The van der Waals surface area contributed by atoms with Gasteiger partial charge in [-0.25, -0.2) is 0 Å². The summed E-state index contributed by atoms with van der Waals surface area (Å²) in [7, 11) is -1.25. The number of rotatable bonds is 12. The highest BCUT2D eigenvalue weighted by Crippen LogP contribution is 2.23. The van der Waals surface area contributed by atoms with E-state index >= 15 is 0 Å². The Morgan fingerprint density at radius 2 is 1.61 bits per heavy atom. The Kier molecular flexibility index (Phi) is 10.1. The van der Waals surface area contributed by atoms with E-state index in [0.717, 1.165) is 19.8 Å². The molecule has 1 heterocycles. The van der Waals surface area contributed by atoms with Gasteiger partial charge in [0.15, 0.2) is 0 Å². The Hall–Kier alpha value is -0.373. The van der Waals surface area contributed by atoms with Gasteiger partial charge in [-0.3, -0.25) is 4.90 Å². The summed E-state index contributed by atoms with van der Waals surface area (Å²) in [6.45, 7) is 13.8. The summed E-state index contributed by atoms with van der Waals surface area (Å²) < 4.78 is 2.75. The van der Waals surface area contributed by atoms with Crippen LogP contribution in [0.25, 0.3) is 0 Å². The van der Waals surface area contributed by atoms with Gasteiger partial charge in [-0.1, -0.05) is 71.4 Å². The molecule has 1 unspecified atom stereocenters. The van der Waals surface area contributed by atoms with E-state index in [1.54, 1.807) is 0 Å². The molecule has 1 aliphatic heterocycles. The third-order valence-corrected chi connectivity index (χ3v) is 8.96. The zero-order valence-corrected chi connectivity index (χ0v) is 17.1. The van der Waals surface area contributed by atoms with Crippen LogP contribution < -0.4 is 0 Å². The van der Waals surface area contributed by atoms with Crippen LogP contribution in [0.5, 0.6) is 0 Å². The average Bonchev–Trinajstić information content (AvgIpc) is 2.99. The molecule has 0 aromatic heterocycles. The first-order chi connectivity index (χ1) is 11.0. The maximum absolute atomic E-state index is 8.97. The molecule has 4 heteroatoms. The number of nitriles is 1. The van der Waals surface area contributed by atoms with Crippen LogP contribution in [-0.4, -0.2) is 44.0 Å². The maximum Gasteiger partial charge on any atom is 0.123 e. The van der Waals surface area contributed by atoms with Gasteiger partial charge in [0.2, 0.25) is 0 Å². The van der Waals surface area contributed by atoms with Crippen molar-refractivity contribution in [2.24, 2.45) is 5.92 Å². The molecular formula is C19H39N3Si. The van der Waals surface area contributed by atoms with Crippen LogP contribution in [0.2, 0.25) is 19.1 Å². The van der Waals surface area contributed by atoms with Crippen molar-refractivity contribution in [3.63, 3.8) is 0 Å². The lowest BCUT2D eigenvalue weighted by Gasteiger charge is -2.33. The summed E-state index contributed by atoms with van der Waals surface area (Å²) in [5, 5.41) is 8.97. The zero-order chi connectivity index (χ0) is 17.1. The van der Waals surface area contributed by atoms with Crippen molar-refractivity contribution >= 4 is 8.24 Å². The lowest BCUT2D eigenvalue weighted by Crippen LogP contribution is -2.48. The third kappa shape index (κ3) is 8.33. The number of unbranched alkanes of at least 4 members (excludes halogenated alkanes) is 7. The third-order valence-electron chi connectivity index (χ3n) is 5.31. The second-order valence-electron chi connectivity index (χ2n) is 8.05. The molecule has 0 aliphatic carbocycles. The number of hydrogen-bond donors (Lipinski definition) is 0. The van der Waals surface area contributed by atoms with Crippen molar-refractivity contribution in [2.75, 3.05) is 26.3 Å². The Balaban J connectivity index is 2.14. The summed E-state index contributed by atoms with van der Waals surface area (Å²) in [6.07, 6.45) is 11.3. The zero-order valence-electron chi connectivity index (χ0n) is 16.1. The van der Waals surface area contributed by atoms with E-state index in [9.17, 15) is 0 Å². The van der Waals surface area contributed by atoms with E-state index in [2.05, 4.69) is 35.6 Å². The SMILES string of the molecule is CCCCCCCCCC[Si](C)(C)N1CCN(CC(C)C#N)C1. The molecule has 0 N–H and O–H groups in total. The van der Waals surface area contributed by atoms with Crippen LogP contribution in [0.15, 0.2) is 0 Å². The summed E-state index contributed by atoms with van der Waals surface area (Å²) in [5.74, 6) is 0.160. The minimum absolute atomic E-state index is 0.160. The van der Waals surface area contributed by atoms with Crippen LogP contribution in [0.1, 0.15) is 65.2 Å². The van der Waals surface area contributed by atoms with Crippen LogP contribution in [0.4, 0.5) is 0 Å². The van der Waals surface area contributed by atoms with Crippen LogP contribution >= 0.6 is 0 Å². The lowest BCUT2D eigenvalue weighted by atomic mass is 10.1. The van der Waals surface area contributed by atoms with Crippen molar-refractivity contribution in [2.45, 2.75) is 84.4 Å². The molecule has 1 fully saturated rings. The first kappa shape index (κ1) is 20.7. The van der Waals surface area contributed by atoms with Gasteiger partial charge in [-0.15, -0.1) is 0 Å². The normalized spacial score (nSPS) is 18.2. The van der Waals surface area contributed by atoms with Crippen molar-refractivity contribution < 1.29 is 0 Å². The van der Waals surface area contributed by atoms with Crippen molar-refractivity contribution in [3.05, 3.63) is 0 Å². The lowest BCUT2D eigenvalue weighted by molar-refractivity contribution is 0.282. The van der Waals surface area contributed by atoms with Crippen molar-refractivity contribution in [3.8, 4) is 6.07 Å². The summed E-state index contributed by atoms with van der Waals surface area (Å²) in [5.41, 5.74) is 0. The Bertz CT molecular complexity index is 351. The fourth-order valence-corrected chi connectivity index (χ4v) is 6.29. The Morgan fingerprint density at radius 1 is 1.00 bits per heavy atom. The minimum Gasteiger partial charge on any atom is -0.310 e. The monoisotopic (exact) mass is 337 g/mol. The fraction of sp³-hybridized carbons (Fsp3) is 0.947. The number of hydrogen-bond acceptors (Lipinski definition) is 3. The summed E-state index contributed by atoms with van der Waals surface area (Å²) in [4.78, 5) is 2.47. The van der Waals surface area contributed by atoms with Gasteiger partial charge in [0.1, 0.15) is 8.24 Å². The van der Waals surface area contributed by atoms with Gasteiger partial charge in [-0.05, 0) is 13.0 Å². The molecular weight excluding hydrogens is 298 g/mol. The second kappa shape index (κ2) is 11.2. The number of nitrogens with zero attached hydrogens (tertiary/aromatic N) is 3. The molecule has 3 nitrogen and oxygen atoms in total. The Morgan fingerprint density at radius 3 is 2.22 bits per heavy atom. The van der Waals surface area contributed by atoms with Gasteiger partial charge in [0.25, 0.3) is 0 Å². The van der Waals surface area contributed by atoms with E-state index in [-0.39, 0.29) is 5.92 Å². The first-order valence-electron chi connectivity index (χ1n) is 9.86. The summed E-state index contributed by atoms with van der Waals surface area (Å²) >= 11 is 0. The predicted molar refractivity (Wildman–Crippen MR) is 103 cm³/mol. The molecule has 134 valence electrons. The van der Waals surface area contributed by atoms with Crippen LogP contribution in [0, 0.1) is 17.2 Å². The molecule has 0 aromatic carbocycles. The first-order valence-corrected chi connectivity index (χ1v) is 13.0. The van der Waals surface area contributed by atoms with E-state index in [4.69, 9.17) is 5.26 Å². The van der Waals surface area contributed by atoms with Gasteiger partial charge >= 0.3 is 0 Å². The maximum atomic E-state index is 8.97. The highest BCUT2D eigenvalue weighted by atomic mass is 28.3. The smallest absolute Gasteiger partial charge is 0.123 e. The highest BCUT2D eigenvalue weighted by molar-refractivity contribution is 6.74. The fourth-order valence-electron chi connectivity index (χ4n) is 3.57. The summed E-state index contributed by atoms with van der Waals surface area (Å²) in [6, 6.07) is 3.80. The highest BCUT2D eigenvalue weighted by Gasteiger charge is 2.33. The van der Waals surface area contributed by atoms with Crippen molar-refractivity contribution in [1.29, 1.82) is 5.26 Å². The molecule has 0 bridgehead atoms. The van der Waals surface area contributed by atoms with E-state index in [1.807, 2.05) is 6.92 Å². The standard InChI is InChI=1S/C19H39N3Si/c1-5-6-7-8-9-10-11-12-15-23(3,4)22-14-13-21(18-22)17-19(2)16-20/h19H,5-15,17-18H2,1-4H3. The molecule has 1 saturated heterocycles. The van der Waals surface area contributed by atoms with Gasteiger partial charge in [0.05, 0.1) is 12.0 Å². The van der Waals surface area contributed by atoms with Gasteiger partial charge in [0, 0.05) is 26.3 Å². The second-order valence-corrected chi connectivity index (χ2v) is 12.8. The average molecular weight is 338 g/mol. The molecule has 0 radical (unpaired) electrons.